The van der Waals surface area contributed by atoms with Crippen LogP contribution in [0.2, 0.25) is 5.02 Å². The molecule has 3 N–H and O–H groups in total. The Hall–Kier alpha value is -2.25. The standard InChI is InChI=1S/C14H12ClN3O3S/c1-8-3-2-4-9(5-8)18-22(20,21)13-7-12-11(6-10(13)15)16-14(19)17-12/h2-7,18H,1H3,(H2,16,17,19). The molecule has 0 spiro atoms. The lowest BCUT2D eigenvalue weighted by Gasteiger charge is -2.10. The van der Waals surface area contributed by atoms with Gasteiger partial charge in [0.15, 0.2) is 0 Å². The third-order valence-electron chi connectivity index (χ3n) is 3.13. The molecule has 0 aliphatic heterocycles. The van der Waals surface area contributed by atoms with Crippen LogP contribution in [0.1, 0.15) is 5.56 Å². The zero-order valence-electron chi connectivity index (χ0n) is 11.5. The summed E-state index contributed by atoms with van der Waals surface area (Å²) in [5, 5.41) is 0.0305. The number of aromatic amines is 2. The summed E-state index contributed by atoms with van der Waals surface area (Å²) >= 11 is 6.04. The number of benzene rings is 2. The molecular formula is C14H12ClN3O3S. The van der Waals surface area contributed by atoms with Crippen molar-refractivity contribution in [1.82, 2.24) is 9.97 Å². The van der Waals surface area contributed by atoms with Gasteiger partial charge in [-0.25, -0.2) is 13.2 Å². The van der Waals surface area contributed by atoms with Crippen LogP contribution in [0.4, 0.5) is 5.69 Å². The van der Waals surface area contributed by atoms with Crippen LogP contribution in [-0.4, -0.2) is 18.4 Å². The van der Waals surface area contributed by atoms with Crippen LogP contribution in [0.25, 0.3) is 11.0 Å². The first-order valence-electron chi connectivity index (χ1n) is 6.36. The van der Waals surface area contributed by atoms with E-state index in [9.17, 15) is 13.2 Å². The Morgan fingerprint density at radius 3 is 2.45 bits per heavy atom. The molecule has 0 fully saturated rings. The Kier molecular flexibility index (Phi) is 3.46. The minimum Gasteiger partial charge on any atom is -0.306 e. The van der Waals surface area contributed by atoms with Gasteiger partial charge in [0.1, 0.15) is 4.90 Å². The van der Waals surface area contributed by atoms with Crippen LogP contribution < -0.4 is 10.4 Å². The van der Waals surface area contributed by atoms with Crippen molar-refractivity contribution in [2.45, 2.75) is 11.8 Å². The molecule has 0 unspecified atom stereocenters. The molecule has 6 nitrogen and oxygen atoms in total. The van der Waals surface area contributed by atoms with Gasteiger partial charge in [-0.2, -0.15) is 0 Å². The molecule has 114 valence electrons. The van der Waals surface area contributed by atoms with Crippen LogP contribution in [-0.2, 0) is 10.0 Å². The van der Waals surface area contributed by atoms with Crippen LogP contribution >= 0.6 is 11.6 Å². The molecule has 3 rings (SSSR count). The lowest BCUT2D eigenvalue weighted by molar-refractivity contribution is 0.601. The van der Waals surface area contributed by atoms with Crippen molar-refractivity contribution in [3.05, 3.63) is 57.5 Å². The van der Waals surface area contributed by atoms with Crippen LogP contribution in [0.15, 0.2) is 46.1 Å². The van der Waals surface area contributed by atoms with E-state index in [0.717, 1.165) is 5.56 Å². The summed E-state index contributed by atoms with van der Waals surface area (Å²) in [7, 11) is -3.86. The summed E-state index contributed by atoms with van der Waals surface area (Å²) in [6.07, 6.45) is 0. The van der Waals surface area contributed by atoms with Crippen LogP contribution in [0, 0.1) is 6.92 Å². The van der Waals surface area contributed by atoms with Gasteiger partial charge in [-0.1, -0.05) is 23.7 Å². The molecule has 1 aromatic heterocycles. The third-order valence-corrected chi connectivity index (χ3v) is 4.97. The van der Waals surface area contributed by atoms with Crippen molar-refractivity contribution in [2.24, 2.45) is 0 Å². The summed E-state index contributed by atoms with van der Waals surface area (Å²) in [5.41, 5.74) is 1.77. The summed E-state index contributed by atoms with van der Waals surface area (Å²) in [6.45, 7) is 1.86. The van der Waals surface area contributed by atoms with Gasteiger partial charge in [0.2, 0.25) is 0 Å². The van der Waals surface area contributed by atoms with Gasteiger partial charge >= 0.3 is 5.69 Å². The second kappa shape index (κ2) is 5.19. The molecule has 0 amide bonds. The molecule has 0 saturated heterocycles. The average molecular weight is 338 g/mol. The number of anilines is 1. The zero-order valence-corrected chi connectivity index (χ0v) is 13.0. The van der Waals surface area contributed by atoms with Gasteiger partial charge in [0.25, 0.3) is 10.0 Å². The van der Waals surface area contributed by atoms with E-state index in [-0.39, 0.29) is 9.92 Å². The number of sulfonamides is 1. The van der Waals surface area contributed by atoms with Gasteiger partial charge in [-0.15, -0.1) is 0 Å². The number of rotatable bonds is 3. The maximum Gasteiger partial charge on any atom is 0.323 e. The summed E-state index contributed by atoms with van der Waals surface area (Å²) in [5.74, 6) is 0. The van der Waals surface area contributed by atoms with Gasteiger partial charge in [0, 0.05) is 5.69 Å². The summed E-state index contributed by atoms with van der Waals surface area (Å²) in [6, 6.07) is 9.70. The molecule has 2 aromatic carbocycles. The molecule has 0 radical (unpaired) electrons. The molecule has 0 saturated carbocycles. The first kappa shape index (κ1) is 14.7. The molecule has 3 aromatic rings. The maximum atomic E-state index is 12.5. The van der Waals surface area contributed by atoms with Crippen molar-refractivity contribution in [3.63, 3.8) is 0 Å². The predicted molar refractivity (Wildman–Crippen MR) is 85.9 cm³/mol. The topological polar surface area (TPSA) is 94.8 Å². The monoisotopic (exact) mass is 337 g/mol. The second-order valence-electron chi connectivity index (χ2n) is 4.88. The second-order valence-corrected chi connectivity index (χ2v) is 6.94. The minimum absolute atomic E-state index is 0.0305. The Labute approximate surface area is 131 Å². The zero-order chi connectivity index (χ0) is 15.9. The lowest BCUT2D eigenvalue weighted by Crippen LogP contribution is -2.13. The molecule has 0 aliphatic rings. The van der Waals surface area contributed by atoms with E-state index >= 15 is 0 Å². The first-order valence-corrected chi connectivity index (χ1v) is 8.22. The Balaban J connectivity index is 2.08. The first-order chi connectivity index (χ1) is 10.3. The number of aromatic nitrogens is 2. The number of aryl methyl sites for hydroxylation is 1. The Morgan fingerprint density at radius 2 is 1.77 bits per heavy atom. The Morgan fingerprint density at radius 1 is 1.09 bits per heavy atom. The smallest absolute Gasteiger partial charge is 0.306 e. The lowest BCUT2D eigenvalue weighted by atomic mass is 10.2. The van der Waals surface area contributed by atoms with E-state index in [4.69, 9.17) is 11.6 Å². The van der Waals surface area contributed by atoms with E-state index < -0.39 is 15.7 Å². The van der Waals surface area contributed by atoms with Gasteiger partial charge < -0.3 is 9.97 Å². The number of H-pyrrole nitrogens is 2. The molecule has 8 heteroatoms. The quantitative estimate of drug-likeness (QED) is 0.685. The fraction of sp³-hybridized carbons (Fsp3) is 0.0714. The van der Waals surface area contributed by atoms with Crippen molar-refractivity contribution in [2.75, 3.05) is 4.72 Å². The highest BCUT2D eigenvalue weighted by Gasteiger charge is 2.20. The minimum atomic E-state index is -3.86. The Bertz CT molecular complexity index is 1020. The highest BCUT2D eigenvalue weighted by atomic mass is 35.5. The van der Waals surface area contributed by atoms with Crippen molar-refractivity contribution in [3.8, 4) is 0 Å². The van der Waals surface area contributed by atoms with E-state index in [2.05, 4.69) is 14.7 Å². The number of hydrogen-bond acceptors (Lipinski definition) is 3. The van der Waals surface area contributed by atoms with E-state index in [1.165, 1.54) is 12.1 Å². The van der Waals surface area contributed by atoms with E-state index in [0.29, 0.717) is 16.7 Å². The number of hydrogen-bond donors (Lipinski definition) is 3. The molecule has 0 aliphatic carbocycles. The summed E-state index contributed by atoms with van der Waals surface area (Å²) in [4.78, 5) is 16.2. The highest BCUT2D eigenvalue weighted by molar-refractivity contribution is 7.92. The summed E-state index contributed by atoms with van der Waals surface area (Å²) < 4.78 is 27.4. The maximum absolute atomic E-state index is 12.5. The van der Waals surface area contributed by atoms with Crippen LogP contribution in [0.3, 0.4) is 0 Å². The number of nitrogens with one attached hydrogen (secondary N) is 3. The molecule has 22 heavy (non-hydrogen) atoms. The van der Waals surface area contributed by atoms with E-state index in [1.807, 2.05) is 13.0 Å². The SMILES string of the molecule is Cc1cccc(NS(=O)(=O)c2cc3[nH]c(=O)[nH]c3cc2Cl)c1. The fourth-order valence-electron chi connectivity index (χ4n) is 2.16. The number of imidazole rings is 1. The van der Waals surface area contributed by atoms with Crippen molar-refractivity contribution < 1.29 is 8.42 Å². The van der Waals surface area contributed by atoms with Gasteiger partial charge in [-0.05, 0) is 36.8 Å². The normalized spacial score (nSPS) is 11.7. The van der Waals surface area contributed by atoms with E-state index in [1.54, 1.807) is 18.2 Å². The predicted octanol–water partition coefficient (Wildman–Crippen LogP) is 2.62. The van der Waals surface area contributed by atoms with Crippen molar-refractivity contribution in [1.29, 1.82) is 0 Å². The van der Waals surface area contributed by atoms with Crippen molar-refractivity contribution >= 4 is 38.3 Å². The molecule has 0 atom stereocenters. The largest absolute Gasteiger partial charge is 0.323 e. The third kappa shape index (κ3) is 2.72. The fourth-order valence-corrected chi connectivity index (χ4v) is 3.76. The number of fused-ring (bicyclic) bond motifs is 1. The highest BCUT2D eigenvalue weighted by Crippen LogP contribution is 2.27. The van der Waals surface area contributed by atoms with Crippen LogP contribution in [0.5, 0.6) is 0 Å². The molecule has 1 heterocycles. The molecule has 0 bridgehead atoms. The van der Waals surface area contributed by atoms with Gasteiger partial charge in [0.05, 0.1) is 16.1 Å². The number of halogens is 1. The molecular weight excluding hydrogens is 326 g/mol. The average Bonchev–Trinajstić information content (AvgIpc) is 2.76. The van der Waals surface area contributed by atoms with Gasteiger partial charge in [-0.3, -0.25) is 4.72 Å².